The second-order valence-electron chi connectivity index (χ2n) is 6.14. The molecule has 1 amide bonds. The van der Waals surface area contributed by atoms with E-state index in [9.17, 15) is 13.2 Å². The van der Waals surface area contributed by atoms with E-state index in [1.165, 1.54) is 20.4 Å². The van der Waals surface area contributed by atoms with Crippen LogP contribution in [0.1, 0.15) is 11.1 Å². The Balaban J connectivity index is 2.12. The van der Waals surface area contributed by atoms with Gasteiger partial charge in [-0.15, -0.1) is 0 Å². The molecule has 0 aromatic heterocycles. The fourth-order valence-corrected chi connectivity index (χ4v) is 4.01. The van der Waals surface area contributed by atoms with Gasteiger partial charge in [-0.05, 0) is 58.2 Å². The first-order valence-corrected chi connectivity index (χ1v) is 11.1. The number of amides is 1. The first-order chi connectivity index (χ1) is 13.7. The first kappa shape index (κ1) is 22.7. The highest BCUT2D eigenvalue weighted by molar-refractivity contribution is 9.10. The van der Waals surface area contributed by atoms with Crippen molar-refractivity contribution in [2.24, 2.45) is 5.10 Å². The van der Waals surface area contributed by atoms with E-state index in [2.05, 4.69) is 26.5 Å². The first-order valence-electron chi connectivity index (χ1n) is 8.43. The third-order valence-corrected chi connectivity index (χ3v) is 5.57. The van der Waals surface area contributed by atoms with Gasteiger partial charge in [-0.2, -0.15) is 5.10 Å². The summed E-state index contributed by atoms with van der Waals surface area (Å²) in [5.41, 5.74) is 4.28. The fraction of sp³-hybridized carbons (Fsp3) is 0.263. The van der Waals surface area contributed by atoms with Crippen LogP contribution in [-0.4, -0.2) is 47.6 Å². The minimum absolute atomic E-state index is 0.394. The van der Waals surface area contributed by atoms with Gasteiger partial charge in [-0.25, -0.2) is 13.8 Å². The van der Waals surface area contributed by atoms with Crippen molar-refractivity contribution in [2.45, 2.75) is 6.92 Å². The Labute approximate surface area is 178 Å². The number of carbonyl (C=O) groups excluding carboxylic acids is 1. The summed E-state index contributed by atoms with van der Waals surface area (Å²) in [4.78, 5) is 12.3. The Bertz CT molecular complexity index is 1020. The molecule has 0 heterocycles. The van der Waals surface area contributed by atoms with Crippen LogP contribution in [0.4, 0.5) is 5.69 Å². The van der Waals surface area contributed by atoms with Gasteiger partial charge in [0.05, 0.1) is 36.9 Å². The van der Waals surface area contributed by atoms with Crippen molar-refractivity contribution >= 4 is 43.8 Å². The molecule has 0 fully saturated rings. The van der Waals surface area contributed by atoms with E-state index in [0.717, 1.165) is 16.1 Å². The van der Waals surface area contributed by atoms with E-state index in [1.54, 1.807) is 30.3 Å². The summed E-state index contributed by atoms with van der Waals surface area (Å²) in [7, 11) is -0.607. The molecule has 0 atom stereocenters. The average molecular weight is 484 g/mol. The van der Waals surface area contributed by atoms with Crippen LogP contribution in [0, 0.1) is 6.92 Å². The number of nitrogens with zero attached hydrogens (tertiary/aromatic N) is 2. The SMILES string of the molecule is COc1cc(/C=N\NC(=O)CN(c2cccc(C)c2)S(C)(=O)=O)cc(Br)c1OC. The second kappa shape index (κ2) is 9.75. The molecule has 0 aliphatic carbocycles. The van der Waals surface area contributed by atoms with Crippen molar-refractivity contribution < 1.29 is 22.7 Å². The maximum atomic E-state index is 12.3. The van der Waals surface area contributed by atoms with E-state index >= 15 is 0 Å². The van der Waals surface area contributed by atoms with Crippen LogP contribution in [0.15, 0.2) is 46.0 Å². The lowest BCUT2D eigenvalue weighted by Crippen LogP contribution is -2.39. The molecule has 0 spiro atoms. The molecule has 2 aromatic carbocycles. The Hall–Kier alpha value is -2.59. The van der Waals surface area contributed by atoms with Gasteiger partial charge >= 0.3 is 0 Å². The van der Waals surface area contributed by atoms with E-state index < -0.39 is 22.5 Å². The van der Waals surface area contributed by atoms with Crippen LogP contribution in [0.3, 0.4) is 0 Å². The van der Waals surface area contributed by atoms with Gasteiger partial charge in [0.1, 0.15) is 6.54 Å². The zero-order chi connectivity index (χ0) is 21.6. The number of hydrogen-bond acceptors (Lipinski definition) is 6. The number of anilines is 1. The molecule has 156 valence electrons. The highest BCUT2D eigenvalue weighted by atomic mass is 79.9. The summed E-state index contributed by atoms with van der Waals surface area (Å²) in [5.74, 6) is 0.459. The Morgan fingerprint density at radius 3 is 2.55 bits per heavy atom. The molecule has 0 aliphatic rings. The van der Waals surface area contributed by atoms with Crippen LogP contribution < -0.4 is 19.2 Å². The summed E-state index contributed by atoms with van der Waals surface area (Å²) in [6.45, 7) is 1.45. The molecule has 0 saturated heterocycles. The van der Waals surface area contributed by atoms with Crippen molar-refractivity contribution in [2.75, 3.05) is 31.3 Å². The third-order valence-electron chi connectivity index (χ3n) is 3.84. The van der Waals surface area contributed by atoms with Crippen LogP contribution in [0.25, 0.3) is 0 Å². The number of sulfonamides is 1. The quantitative estimate of drug-likeness (QED) is 0.459. The highest BCUT2D eigenvalue weighted by Gasteiger charge is 2.20. The molecule has 0 saturated carbocycles. The normalized spacial score (nSPS) is 11.3. The molecule has 2 aromatic rings. The molecule has 0 aliphatic heterocycles. The Morgan fingerprint density at radius 1 is 1.24 bits per heavy atom. The molecule has 29 heavy (non-hydrogen) atoms. The number of halogens is 1. The Kier molecular flexibility index (Phi) is 7.63. The minimum Gasteiger partial charge on any atom is -0.493 e. The van der Waals surface area contributed by atoms with Gasteiger partial charge in [-0.3, -0.25) is 9.10 Å². The summed E-state index contributed by atoms with van der Waals surface area (Å²) < 4.78 is 36.4. The van der Waals surface area contributed by atoms with Gasteiger partial charge in [-0.1, -0.05) is 12.1 Å². The van der Waals surface area contributed by atoms with Crippen molar-refractivity contribution in [3.05, 3.63) is 52.0 Å². The number of methoxy groups -OCH3 is 2. The molecule has 2 rings (SSSR count). The molecule has 8 nitrogen and oxygen atoms in total. The number of rotatable bonds is 8. The Morgan fingerprint density at radius 2 is 1.97 bits per heavy atom. The van der Waals surface area contributed by atoms with Crippen molar-refractivity contribution in [1.82, 2.24) is 5.43 Å². The van der Waals surface area contributed by atoms with E-state index in [-0.39, 0.29) is 0 Å². The van der Waals surface area contributed by atoms with Crippen LogP contribution in [0.2, 0.25) is 0 Å². The van der Waals surface area contributed by atoms with E-state index in [1.807, 2.05) is 13.0 Å². The molecule has 0 unspecified atom stereocenters. The van der Waals surface area contributed by atoms with Gasteiger partial charge in [0.15, 0.2) is 11.5 Å². The average Bonchev–Trinajstić information content (AvgIpc) is 2.64. The zero-order valence-corrected chi connectivity index (χ0v) is 18.9. The van der Waals surface area contributed by atoms with Crippen molar-refractivity contribution in [3.8, 4) is 11.5 Å². The minimum atomic E-state index is -3.65. The summed E-state index contributed by atoms with van der Waals surface area (Å²) >= 11 is 3.38. The van der Waals surface area contributed by atoms with E-state index in [0.29, 0.717) is 27.2 Å². The predicted molar refractivity (Wildman–Crippen MR) is 116 cm³/mol. The molecular weight excluding hydrogens is 462 g/mol. The molecular formula is C19H22BrN3O5S. The maximum absolute atomic E-state index is 12.3. The van der Waals surface area contributed by atoms with Gasteiger partial charge in [0, 0.05) is 0 Å². The van der Waals surface area contributed by atoms with Gasteiger partial charge in [0.2, 0.25) is 10.0 Å². The number of nitrogens with one attached hydrogen (secondary N) is 1. The highest BCUT2D eigenvalue weighted by Crippen LogP contribution is 2.35. The topological polar surface area (TPSA) is 97.3 Å². The number of hydrogen-bond donors (Lipinski definition) is 1. The number of aryl methyl sites for hydroxylation is 1. The van der Waals surface area contributed by atoms with E-state index in [4.69, 9.17) is 9.47 Å². The summed E-state index contributed by atoms with van der Waals surface area (Å²) in [6, 6.07) is 10.3. The maximum Gasteiger partial charge on any atom is 0.260 e. The van der Waals surface area contributed by atoms with Gasteiger partial charge < -0.3 is 9.47 Å². The second-order valence-corrected chi connectivity index (χ2v) is 8.90. The number of ether oxygens (including phenoxy) is 2. The lowest BCUT2D eigenvalue weighted by Gasteiger charge is -2.21. The number of benzene rings is 2. The smallest absolute Gasteiger partial charge is 0.260 e. The summed E-state index contributed by atoms with van der Waals surface area (Å²) in [6.07, 6.45) is 2.47. The summed E-state index contributed by atoms with van der Waals surface area (Å²) in [5, 5.41) is 3.90. The van der Waals surface area contributed by atoms with Gasteiger partial charge in [0.25, 0.3) is 5.91 Å². The molecule has 0 radical (unpaired) electrons. The predicted octanol–water partition coefficient (Wildman–Crippen LogP) is 2.69. The lowest BCUT2D eigenvalue weighted by atomic mass is 10.2. The monoisotopic (exact) mass is 483 g/mol. The number of carbonyl (C=O) groups is 1. The third kappa shape index (κ3) is 6.20. The fourth-order valence-electron chi connectivity index (χ4n) is 2.54. The van der Waals surface area contributed by atoms with Crippen LogP contribution in [-0.2, 0) is 14.8 Å². The lowest BCUT2D eigenvalue weighted by molar-refractivity contribution is -0.119. The molecule has 1 N–H and O–H groups in total. The molecule has 0 bridgehead atoms. The standard InChI is InChI=1S/C19H22BrN3O5S/c1-13-6-5-7-15(8-13)23(29(4,25)26)12-18(24)22-21-11-14-9-16(20)19(28-3)17(10-14)27-2/h5-11H,12H2,1-4H3,(H,22,24)/b21-11-. The number of hydrazone groups is 1. The zero-order valence-electron chi connectivity index (χ0n) is 16.5. The largest absolute Gasteiger partial charge is 0.493 e. The van der Waals surface area contributed by atoms with Crippen LogP contribution in [0.5, 0.6) is 11.5 Å². The molecule has 10 heteroatoms. The van der Waals surface area contributed by atoms with Crippen molar-refractivity contribution in [3.63, 3.8) is 0 Å². The van der Waals surface area contributed by atoms with Crippen molar-refractivity contribution in [1.29, 1.82) is 0 Å². The van der Waals surface area contributed by atoms with Crippen LogP contribution >= 0.6 is 15.9 Å².